The molecule has 2 heteroatoms. The van der Waals surface area contributed by atoms with Gasteiger partial charge in [0.25, 0.3) is 0 Å². The lowest BCUT2D eigenvalue weighted by Crippen LogP contribution is -2.12. The van der Waals surface area contributed by atoms with Crippen molar-refractivity contribution in [2.75, 3.05) is 0 Å². The fourth-order valence-electron chi connectivity index (χ4n) is 1.60. The highest BCUT2D eigenvalue weighted by Gasteiger charge is 2.29. The number of benzene rings is 1. The Morgan fingerprint density at radius 1 is 1.46 bits per heavy atom. The van der Waals surface area contributed by atoms with Crippen molar-refractivity contribution in [3.8, 4) is 0 Å². The number of halogens is 1. The van der Waals surface area contributed by atoms with Gasteiger partial charge in [0.2, 0.25) is 0 Å². The summed E-state index contributed by atoms with van der Waals surface area (Å²) in [5.74, 6) is 0.483. The third-order valence-corrected chi connectivity index (χ3v) is 2.70. The van der Waals surface area contributed by atoms with E-state index in [1.807, 2.05) is 6.07 Å². The summed E-state index contributed by atoms with van der Waals surface area (Å²) in [7, 11) is 0. The van der Waals surface area contributed by atoms with Gasteiger partial charge in [-0.05, 0) is 42.9 Å². The molecule has 13 heavy (non-hydrogen) atoms. The second-order valence-electron chi connectivity index (χ2n) is 3.87. The Morgan fingerprint density at radius 3 is 2.69 bits per heavy atom. The van der Waals surface area contributed by atoms with E-state index in [-0.39, 0.29) is 11.9 Å². The van der Waals surface area contributed by atoms with Crippen molar-refractivity contribution in [2.24, 2.45) is 11.7 Å². The van der Waals surface area contributed by atoms with Gasteiger partial charge >= 0.3 is 0 Å². The van der Waals surface area contributed by atoms with Crippen molar-refractivity contribution in [1.82, 2.24) is 0 Å². The van der Waals surface area contributed by atoms with E-state index < -0.39 is 0 Å². The number of rotatable bonds is 2. The molecular formula is C11H14FN. The monoisotopic (exact) mass is 179 g/mol. The van der Waals surface area contributed by atoms with E-state index in [4.69, 9.17) is 5.73 Å². The van der Waals surface area contributed by atoms with E-state index >= 15 is 0 Å². The molecule has 0 heterocycles. The highest BCUT2D eigenvalue weighted by atomic mass is 19.1. The molecule has 0 aromatic heterocycles. The van der Waals surface area contributed by atoms with E-state index in [9.17, 15) is 4.39 Å². The molecule has 1 fully saturated rings. The maximum absolute atomic E-state index is 12.9. The van der Waals surface area contributed by atoms with Crippen LogP contribution >= 0.6 is 0 Å². The van der Waals surface area contributed by atoms with Crippen LogP contribution in [0.25, 0.3) is 0 Å². The third kappa shape index (κ3) is 1.73. The average molecular weight is 179 g/mol. The van der Waals surface area contributed by atoms with Crippen LogP contribution < -0.4 is 5.73 Å². The van der Waals surface area contributed by atoms with Crippen LogP contribution in [0.4, 0.5) is 4.39 Å². The Kier molecular flexibility index (Phi) is 2.08. The van der Waals surface area contributed by atoms with Gasteiger partial charge < -0.3 is 5.73 Å². The molecule has 1 aromatic rings. The van der Waals surface area contributed by atoms with Gasteiger partial charge in [0.15, 0.2) is 0 Å². The fourth-order valence-corrected chi connectivity index (χ4v) is 1.60. The molecule has 0 saturated heterocycles. The van der Waals surface area contributed by atoms with Gasteiger partial charge in [-0.3, -0.25) is 0 Å². The van der Waals surface area contributed by atoms with Crippen molar-refractivity contribution < 1.29 is 4.39 Å². The number of hydrogen-bond donors (Lipinski definition) is 1. The lowest BCUT2D eigenvalue weighted by Gasteiger charge is -2.11. The molecule has 0 aliphatic heterocycles. The minimum Gasteiger partial charge on any atom is -0.324 e. The largest absolute Gasteiger partial charge is 0.324 e. The van der Waals surface area contributed by atoms with Crippen molar-refractivity contribution in [1.29, 1.82) is 0 Å². The smallest absolute Gasteiger partial charge is 0.126 e. The maximum Gasteiger partial charge on any atom is 0.126 e. The lowest BCUT2D eigenvalue weighted by atomic mass is 10.0. The van der Waals surface area contributed by atoms with Crippen LogP contribution in [0, 0.1) is 18.7 Å². The summed E-state index contributed by atoms with van der Waals surface area (Å²) in [6.07, 6.45) is 2.44. The molecular weight excluding hydrogens is 165 g/mol. The minimum atomic E-state index is -0.147. The zero-order valence-electron chi connectivity index (χ0n) is 7.76. The molecule has 0 bridgehead atoms. The quantitative estimate of drug-likeness (QED) is 0.741. The molecule has 1 nitrogen and oxygen atoms in total. The Labute approximate surface area is 77.8 Å². The molecule has 1 unspecified atom stereocenters. The molecule has 1 saturated carbocycles. The Hall–Kier alpha value is -0.890. The molecule has 0 spiro atoms. The van der Waals surface area contributed by atoms with E-state index in [1.165, 1.54) is 18.9 Å². The van der Waals surface area contributed by atoms with Gasteiger partial charge in [-0.2, -0.15) is 0 Å². The average Bonchev–Trinajstić information content (AvgIpc) is 2.91. The van der Waals surface area contributed by atoms with Gasteiger partial charge in [0.05, 0.1) is 0 Å². The molecule has 2 rings (SSSR count). The van der Waals surface area contributed by atoms with Crippen LogP contribution in [-0.2, 0) is 0 Å². The predicted molar refractivity (Wildman–Crippen MR) is 50.8 cm³/mol. The summed E-state index contributed by atoms with van der Waals surface area (Å²) in [5, 5.41) is 0. The summed E-state index contributed by atoms with van der Waals surface area (Å²) in [6, 6.07) is 5.27. The van der Waals surface area contributed by atoms with E-state index in [2.05, 4.69) is 0 Å². The van der Waals surface area contributed by atoms with Crippen LogP contribution in [0.2, 0.25) is 0 Å². The summed E-state index contributed by atoms with van der Waals surface area (Å²) >= 11 is 0. The van der Waals surface area contributed by atoms with E-state index in [1.54, 1.807) is 13.0 Å². The number of nitrogens with two attached hydrogens (primary N) is 1. The van der Waals surface area contributed by atoms with Gasteiger partial charge in [-0.1, -0.05) is 12.1 Å². The second-order valence-corrected chi connectivity index (χ2v) is 3.87. The molecule has 1 atom stereocenters. The first kappa shape index (κ1) is 8.70. The van der Waals surface area contributed by atoms with Crippen LogP contribution in [0.3, 0.4) is 0 Å². The summed E-state index contributed by atoms with van der Waals surface area (Å²) in [5.41, 5.74) is 7.76. The lowest BCUT2D eigenvalue weighted by molar-refractivity contribution is 0.605. The van der Waals surface area contributed by atoms with Gasteiger partial charge in [-0.25, -0.2) is 4.39 Å². The highest BCUT2D eigenvalue weighted by molar-refractivity contribution is 5.27. The summed E-state index contributed by atoms with van der Waals surface area (Å²) < 4.78 is 12.9. The topological polar surface area (TPSA) is 26.0 Å². The number of hydrogen-bond acceptors (Lipinski definition) is 1. The van der Waals surface area contributed by atoms with Crippen molar-refractivity contribution in [3.05, 3.63) is 35.1 Å². The Bertz CT molecular complexity index is 318. The van der Waals surface area contributed by atoms with Crippen molar-refractivity contribution in [2.45, 2.75) is 25.8 Å². The summed E-state index contributed by atoms with van der Waals surface area (Å²) in [4.78, 5) is 0. The second kappa shape index (κ2) is 3.11. The molecule has 1 aliphatic rings. The third-order valence-electron chi connectivity index (χ3n) is 2.70. The van der Waals surface area contributed by atoms with Crippen LogP contribution in [0.15, 0.2) is 18.2 Å². The molecule has 1 aromatic carbocycles. The van der Waals surface area contributed by atoms with Gasteiger partial charge in [-0.15, -0.1) is 0 Å². The van der Waals surface area contributed by atoms with Gasteiger partial charge in [0, 0.05) is 6.04 Å². The molecule has 70 valence electrons. The molecule has 0 amide bonds. The van der Waals surface area contributed by atoms with Crippen LogP contribution in [0.5, 0.6) is 0 Å². The Morgan fingerprint density at radius 2 is 2.15 bits per heavy atom. The SMILES string of the molecule is Cc1cc(C(N)C2CC2)ccc1F. The van der Waals surface area contributed by atoms with Gasteiger partial charge in [0.1, 0.15) is 5.82 Å². The van der Waals surface area contributed by atoms with Crippen LogP contribution in [0.1, 0.15) is 30.0 Å². The Balaban J connectivity index is 2.24. The first-order chi connectivity index (χ1) is 6.18. The number of aryl methyl sites for hydroxylation is 1. The maximum atomic E-state index is 12.9. The molecule has 1 aliphatic carbocycles. The zero-order chi connectivity index (χ0) is 9.42. The normalized spacial score (nSPS) is 18.7. The first-order valence-electron chi connectivity index (χ1n) is 4.70. The summed E-state index contributed by atoms with van der Waals surface area (Å²) in [6.45, 7) is 1.78. The van der Waals surface area contributed by atoms with E-state index in [0.717, 1.165) is 5.56 Å². The fraction of sp³-hybridized carbons (Fsp3) is 0.455. The molecule has 0 radical (unpaired) electrons. The zero-order valence-corrected chi connectivity index (χ0v) is 7.76. The minimum absolute atomic E-state index is 0.110. The predicted octanol–water partition coefficient (Wildman–Crippen LogP) is 2.54. The first-order valence-corrected chi connectivity index (χ1v) is 4.70. The van der Waals surface area contributed by atoms with Crippen LogP contribution in [-0.4, -0.2) is 0 Å². The standard InChI is InChI=1S/C11H14FN/c1-7-6-9(4-5-10(7)12)11(13)8-2-3-8/h4-6,8,11H,2-3,13H2,1H3. The highest BCUT2D eigenvalue weighted by Crippen LogP contribution is 2.39. The van der Waals surface area contributed by atoms with Crippen molar-refractivity contribution in [3.63, 3.8) is 0 Å². The molecule has 2 N–H and O–H groups in total. The van der Waals surface area contributed by atoms with Crippen molar-refractivity contribution >= 4 is 0 Å². The van der Waals surface area contributed by atoms with E-state index in [0.29, 0.717) is 11.5 Å².